The molecule has 4 amide bonds. The molecule has 4 rings (SSSR count). The van der Waals surface area contributed by atoms with Gasteiger partial charge in [-0.2, -0.15) is 0 Å². The summed E-state index contributed by atoms with van der Waals surface area (Å²) in [6.07, 6.45) is 2.99. The van der Waals surface area contributed by atoms with Crippen molar-refractivity contribution in [1.29, 1.82) is 0 Å². The molecule has 30 heavy (non-hydrogen) atoms. The van der Waals surface area contributed by atoms with Crippen molar-refractivity contribution in [1.82, 2.24) is 14.8 Å². The van der Waals surface area contributed by atoms with E-state index in [-0.39, 0.29) is 12.1 Å². The Labute approximate surface area is 186 Å². The third-order valence-electron chi connectivity index (χ3n) is 4.93. The molecule has 1 aromatic carbocycles. The number of furan rings is 1. The van der Waals surface area contributed by atoms with E-state index < -0.39 is 17.8 Å². The molecule has 3 heterocycles. The van der Waals surface area contributed by atoms with Gasteiger partial charge in [-0.15, -0.1) is 0 Å². The Balaban J connectivity index is 1.70. The van der Waals surface area contributed by atoms with Crippen molar-refractivity contribution in [3.63, 3.8) is 0 Å². The van der Waals surface area contributed by atoms with Gasteiger partial charge in [-0.3, -0.25) is 19.8 Å². The highest BCUT2D eigenvalue weighted by Gasteiger charge is 2.36. The number of halogens is 1. The number of carbonyl (C=O) groups is 3. The van der Waals surface area contributed by atoms with Crippen LogP contribution in [0.5, 0.6) is 0 Å². The number of urea groups is 1. The molecule has 2 aromatic heterocycles. The van der Waals surface area contributed by atoms with Crippen molar-refractivity contribution in [2.75, 3.05) is 0 Å². The molecule has 0 bridgehead atoms. The van der Waals surface area contributed by atoms with Crippen LogP contribution >= 0.6 is 22.6 Å². The molecule has 0 aliphatic carbocycles. The monoisotopic (exact) mass is 515 g/mol. The number of aromatic nitrogens is 1. The predicted molar refractivity (Wildman–Crippen MR) is 119 cm³/mol. The lowest BCUT2D eigenvalue weighted by Crippen LogP contribution is -2.53. The largest absolute Gasteiger partial charge is 0.467 e. The highest BCUT2D eigenvalue weighted by Crippen LogP contribution is 2.25. The van der Waals surface area contributed by atoms with Gasteiger partial charge in [0.05, 0.1) is 12.8 Å². The fourth-order valence-corrected chi connectivity index (χ4v) is 3.83. The molecule has 1 aliphatic rings. The number of nitrogens with one attached hydrogen (secondary N) is 1. The number of barbiturate groups is 1. The number of benzene rings is 1. The minimum Gasteiger partial charge on any atom is -0.467 e. The second-order valence-electron chi connectivity index (χ2n) is 6.93. The molecule has 0 radical (unpaired) electrons. The molecule has 8 heteroatoms. The Morgan fingerprint density at radius 1 is 1.10 bits per heavy atom. The molecule has 152 valence electrons. The molecule has 1 aliphatic heterocycles. The molecule has 0 unspecified atom stereocenters. The minimum absolute atomic E-state index is 0.0516. The molecular weight excluding hydrogens is 497 g/mol. The van der Waals surface area contributed by atoms with Gasteiger partial charge in [-0.1, -0.05) is 0 Å². The summed E-state index contributed by atoms with van der Waals surface area (Å²) >= 11 is 2.25. The maximum absolute atomic E-state index is 12.9. The topological polar surface area (TPSA) is 84.6 Å². The first-order valence-electron chi connectivity index (χ1n) is 9.21. The average Bonchev–Trinajstić information content (AvgIpc) is 3.31. The maximum atomic E-state index is 12.9. The number of amides is 4. The second-order valence-corrected chi connectivity index (χ2v) is 8.17. The molecule has 1 fully saturated rings. The first-order valence-corrected chi connectivity index (χ1v) is 10.3. The highest BCUT2D eigenvalue weighted by atomic mass is 127. The zero-order valence-electron chi connectivity index (χ0n) is 16.3. The Morgan fingerprint density at radius 3 is 2.50 bits per heavy atom. The van der Waals surface area contributed by atoms with Gasteiger partial charge in [0.2, 0.25) is 0 Å². The van der Waals surface area contributed by atoms with Crippen LogP contribution < -0.4 is 5.32 Å². The molecule has 0 atom stereocenters. The van der Waals surface area contributed by atoms with E-state index >= 15 is 0 Å². The molecular formula is C22H18IN3O4. The average molecular weight is 515 g/mol. The summed E-state index contributed by atoms with van der Waals surface area (Å²) in [5, 5.41) is 2.23. The maximum Gasteiger partial charge on any atom is 0.331 e. The van der Waals surface area contributed by atoms with Crippen molar-refractivity contribution >= 4 is 46.5 Å². The van der Waals surface area contributed by atoms with Gasteiger partial charge in [-0.05, 0) is 90.5 Å². The third-order valence-corrected chi connectivity index (χ3v) is 5.65. The van der Waals surface area contributed by atoms with Crippen LogP contribution in [0, 0.1) is 17.4 Å². The van der Waals surface area contributed by atoms with Crippen molar-refractivity contribution in [2.45, 2.75) is 20.4 Å². The number of imide groups is 2. The van der Waals surface area contributed by atoms with Crippen LogP contribution in [0.4, 0.5) is 4.79 Å². The summed E-state index contributed by atoms with van der Waals surface area (Å²) in [4.78, 5) is 38.5. The molecule has 0 saturated carbocycles. The van der Waals surface area contributed by atoms with Crippen LogP contribution in [0.3, 0.4) is 0 Å². The van der Waals surface area contributed by atoms with Crippen LogP contribution in [0.15, 0.2) is 58.7 Å². The van der Waals surface area contributed by atoms with E-state index in [1.54, 1.807) is 12.1 Å². The summed E-state index contributed by atoms with van der Waals surface area (Å²) in [6.45, 7) is 3.83. The lowest BCUT2D eigenvalue weighted by molar-refractivity contribution is -0.130. The molecule has 1 N–H and O–H groups in total. The Hall–Kier alpha value is -3.14. The van der Waals surface area contributed by atoms with E-state index in [9.17, 15) is 14.4 Å². The number of nitrogens with zero attached hydrogens (tertiary/aromatic N) is 2. The van der Waals surface area contributed by atoms with Crippen LogP contribution in [0.2, 0.25) is 0 Å². The predicted octanol–water partition coefficient (Wildman–Crippen LogP) is 3.95. The van der Waals surface area contributed by atoms with E-state index in [0.717, 1.165) is 31.1 Å². The fourth-order valence-electron chi connectivity index (χ4n) is 3.47. The van der Waals surface area contributed by atoms with Gasteiger partial charge in [0.25, 0.3) is 11.8 Å². The van der Waals surface area contributed by atoms with Crippen LogP contribution in [-0.4, -0.2) is 27.3 Å². The van der Waals surface area contributed by atoms with Crippen LogP contribution in [0.25, 0.3) is 11.8 Å². The number of carbonyl (C=O) groups excluding carboxylic acids is 3. The van der Waals surface area contributed by atoms with E-state index in [4.69, 9.17) is 4.42 Å². The normalized spacial score (nSPS) is 15.8. The zero-order chi connectivity index (χ0) is 21.4. The van der Waals surface area contributed by atoms with Crippen molar-refractivity contribution in [3.05, 3.63) is 80.6 Å². The molecule has 7 nitrogen and oxygen atoms in total. The van der Waals surface area contributed by atoms with E-state index in [1.807, 2.05) is 44.2 Å². The van der Waals surface area contributed by atoms with E-state index in [0.29, 0.717) is 5.76 Å². The quantitative estimate of drug-likeness (QED) is 0.324. The summed E-state index contributed by atoms with van der Waals surface area (Å²) in [5.74, 6) is -0.914. The first-order chi connectivity index (χ1) is 14.3. The number of hydrogen-bond donors (Lipinski definition) is 1. The van der Waals surface area contributed by atoms with Crippen molar-refractivity contribution in [3.8, 4) is 5.69 Å². The smallest absolute Gasteiger partial charge is 0.331 e. The molecule has 1 saturated heterocycles. The lowest BCUT2D eigenvalue weighted by Gasteiger charge is -2.25. The van der Waals surface area contributed by atoms with Crippen LogP contribution in [-0.2, 0) is 16.1 Å². The highest BCUT2D eigenvalue weighted by molar-refractivity contribution is 14.1. The Morgan fingerprint density at radius 2 is 1.83 bits per heavy atom. The van der Waals surface area contributed by atoms with Crippen LogP contribution in [0.1, 0.15) is 22.7 Å². The first kappa shape index (κ1) is 20.1. The van der Waals surface area contributed by atoms with Gasteiger partial charge < -0.3 is 8.98 Å². The van der Waals surface area contributed by atoms with Gasteiger partial charge in [0, 0.05) is 20.6 Å². The fraction of sp³-hybridized carbons (Fsp3) is 0.136. The SMILES string of the molecule is Cc1cc(/C=C2/C(=O)NC(=O)N(Cc3ccco3)C2=O)c(C)n1-c1ccc(I)cc1. The summed E-state index contributed by atoms with van der Waals surface area (Å²) < 4.78 is 8.41. The third kappa shape index (κ3) is 3.70. The number of rotatable bonds is 4. The van der Waals surface area contributed by atoms with E-state index in [1.165, 1.54) is 12.3 Å². The van der Waals surface area contributed by atoms with E-state index in [2.05, 4.69) is 32.5 Å². The van der Waals surface area contributed by atoms with Gasteiger partial charge in [0.1, 0.15) is 11.3 Å². The van der Waals surface area contributed by atoms with Gasteiger partial charge >= 0.3 is 6.03 Å². The summed E-state index contributed by atoms with van der Waals surface area (Å²) in [5.41, 5.74) is 3.48. The summed E-state index contributed by atoms with van der Waals surface area (Å²) in [6, 6.07) is 12.5. The lowest BCUT2D eigenvalue weighted by atomic mass is 10.1. The van der Waals surface area contributed by atoms with Gasteiger partial charge in [0.15, 0.2) is 0 Å². The molecule has 0 spiro atoms. The number of aryl methyl sites for hydroxylation is 1. The molecule has 3 aromatic rings. The Bertz CT molecular complexity index is 1170. The van der Waals surface area contributed by atoms with Crippen molar-refractivity contribution < 1.29 is 18.8 Å². The second kappa shape index (κ2) is 7.94. The Kier molecular flexibility index (Phi) is 5.33. The van der Waals surface area contributed by atoms with Crippen molar-refractivity contribution in [2.24, 2.45) is 0 Å². The van der Waals surface area contributed by atoms with Gasteiger partial charge in [-0.25, -0.2) is 4.79 Å². The summed E-state index contributed by atoms with van der Waals surface area (Å²) in [7, 11) is 0. The standard InChI is InChI=1S/C22H18IN3O4/c1-13-10-15(14(2)26(13)17-7-5-16(23)6-8-17)11-19-20(27)24-22(29)25(21(19)28)12-18-4-3-9-30-18/h3-11H,12H2,1-2H3,(H,24,27,29)/b19-11-. The number of hydrogen-bond acceptors (Lipinski definition) is 4. The zero-order valence-corrected chi connectivity index (χ0v) is 18.5. The minimum atomic E-state index is -0.761.